The van der Waals surface area contributed by atoms with Gasteiger partial charge in [0, 0.05) is 37.4 Å². The van der Waals surface area contributed by atoms with Crippen molar-refractivity contribution >= 4 is 23.2 Å². The van der Waals surface area contributed by atoms with Gasteiger partial charge in [0.05, 0.1) is 29.7 Å². The van der Waals surface area contributed by atoms with Crippen molar-refractivity contribution in [2.75, 3.05) is 6.54 Å². The monoisotopic (exact) mass is 676 g/mol. The van der Waals surface area contributed by atoms with E-state index in [1.165, 1.54) is 70.6 Å². The molecule has 0 spiro atoms. The molecular weight excluding hydrogens is 625 g/mol. The number of azo groups is 2. The topological polar surface area (TPSA) is 114 Å². The normalized spacial score (nSPS) is 46.2. The molecule has 2 saturated heterocycles. The standard InChI is InChI=1S/C16H29N3O.C15H25Cl2N3O.Zn/c1-11-5-4-8-15(17-11)18-19-16-13-7-3-2-6-12(13)9-10-14(16)20;16-10-7-12(17)15(18-8-10)20-19-14-11-4-2-1-3-9(11)5-6-13(14)21;/h11-17,20H,2-10H2,1H3;9-15,18,21H,1-8H2;. The number of fused-ring (bicyclic) bond motifs is 2. The average molecular weight is 679 g/mol. The Hall–Kier alpha value is 0.243. The molecule has 2 aliphatic heterocycles. The molecule has 13 atom stereocenters. The van der Waals surface area contributed by atoms with Gasteiger partial charge in [-0.2, -0.15) is 20.5 Å². The summed E-state index contributed by atoms with van der Waals surface area (Å²) in [4.78, 5) is 0. The third kappa shape index (κ3) is 9.39. The molecule has 0 aromatic heterocycles. The van der Waals surface area contributed by atoms with Gasteiger partial charge in [-0.15, -0.1) is 23.2 Å². The number of nitrogens with zero attached hydrogens (tertiary/aromatic N) is 4. The van der Waals surface area contributed by atoms with E-state index in [9.17, 15) is 10.2 Å². The van der Waals surface area contributed by atoms with E-state index in [4.69, 9.17) is 23.2 Å². The van der Waals surface area contributed by atoms with Crippen LogP contribution in [0.25, 0.3) is 0 Å². The first kappa shape index (κ1) is 35.1. The quantitative estimate of drug-likeness (QED) is 0.153. The Kier molecular flexibility index (Phi) is 14.4. The summed E-state index contributed by atoms with van der Waals surface area (Å²) in [5.41, 5.74) is 0. The zero-order chi connectivity index (χ0) is 28.8. The van der Waals surface area contributed by atoms with Crippen LogP contribution in [0.1, 0.15) is 110 Å². The minimum absolute atomic E-state index is 0. The summed E-state index contributed by atoms with van der Waals surface area (Å²) in [7, 11) is 0. The van der Waals surface area contributed by atoms with Gasteiger partial charge in [0.15, 0.2) is 0 Å². The number of halogens is 2. The van der Waals surface area contributed by atoms with E-state index >= 15 is 0 Å². The first-order valence-electron chi connectivity index (χ1n) is 16.8. The summed E-state index contributed by atoms with van der Waals surface area (Å²) >= 11 is 12.4. The second-order valence-corrected chi connectivity index (χ2v) is 15.0. The number of rotatable bonds is 4. The van der Waals surface area contributed by atoms with Gasteiger partial charge in [0.25, 0.3) is 0 Å². The minimum atomic E-state index is -0.341. The molecule has 2 heterocycles. The predicted octanol–water partition coefficient (Wildman–Crippen LogP) is 6.56. The van der Waals surface area contributed by atoms with Gasteiger partial charge in [0.1, 0.15) is 12.3 Å². The fourth-order valence-electron chi connectivity index (χ4n) is 8.55. The number of hydrogen-bond acceptors (Lipinski definition) is 8. The summed E-state index contributed by atoms with van der Waals surface area (Å²) in [6.45, 7) is 2.93. The van der Waals surface area contributed by atoms with Crippen LogP contribution >= 0.6 is 23.2 Å². The Labute approximate surface area is 276 Å². The van der Waals surface area contributed by atoms with E-state index in [0.29, 0.717) is 24.4 Å². The molecule has 4 aliphatic carbocycles. The SMILES string of the molecule is CC1CCCC(N=NC2C(O)CCC3CCCCC32)N1.OC1CCC2CCCCC2C1N=NC1NCC(Cl)CC1Cl.[Zn]. The van der Waals surface area contributed by atoms with Crippen molar-refractivity contribution in [1.29, 1.82) is 0 Å². The third-order valence-electron chi connectivity index (χ3n) is 10.9. The van der Waals surface area contributed by atoms with Crippen molar-refractivity contribution in [1.82, 2.24) is 10.6 Å². The van der Waals surface area contributed by atoms with Crippen LogP contribution in [0.15, 0.2) is 20.5 Å². The molecule has 13 unspecified atom stereocenters. The summed E-state index contributed by atoms with van der Waals surface area (Å²) in [5, 5.41) is 45.5. The van der Waals surface area contributed by atoms with E-state index in [1.807, 2.05) is 0 Å². The number of nitrogens with one attached hydrogen (secondary N) is 2. The van der Waals surface area contributed by atoms with Crippen molar-refractivity contribution in [2.24, 2.45) is 44.1 Å². The fourth-order valence-corrected chi connectivity index (χ4v) is 9.28. The molecule has 6 fully saturated rings. The number of hydrogen-bond donors (Lipinski definition) is 4. The van der Waals surface area contributed by atoms with Crippen LogP contribution in [0.2, 0.25) is 0 Å². The van der Waals surface area contributed by atoms with Gasteiger partial charge in [-0.05, 0) is 94.8 Å². The average Bonchev–Trinajstić information content (AvgIpc) is 2.97. The molecule has 0 amide bonds. The van der Waals surface area contributed by atoms with Crippen molar-refractivity contribution in [3.05, 3.63) is 0 Å². The van der Waals surface area contributed by atoms with Gasteiger partial charge < -0.3 is 10.2 Å². The molecule has 236 valence electrons. The fraction of sp³-hybridized carbons (Fsp3) is 1.00. The van der Waals surface area contributed by atoms with E-state index in [-0.39, 0.29) is 66.9 Å². The van der Waals surface area contributed by atoms with Gasteiger partial charge in [-0.1, -0.05) is 38.5 Å². The van der Waals surface area contributed by atoms with Crippen LogP contribution in [0, 0.1) is 23.7 Å². The van der Waals surface area contributed by atoms with Crippen LogP contribution in [-0.2, 0) is 19.5 Å². The minimum Gasteiger partial charge on any atom is -0.391 e. The molecule has 0 aromatic rings. The number of aliphatic hydroxyl groups is 2. The Morgan fingerprint density at radius 3 is 1.79 bits per heavy atom. The largest absolute Gasteiger partial charge is 0.391 e. The Bertz CT molecular complexity index is 873. The third-order valence-corrected chi connectivity index (χ3v) is 11.6. The van der Waals surface area contributed by atoms with Crippen LogP contribution in [0.4, 0.5) is 0 Å². The second-order valence-electron chi connectivity index (χ2n) is 13.9. The molecule has 0 bridgehead atoms. The van der Waals surface area contributed by atoms with Gasteiger partial charge in [0.2, 0.25) is 0 Å². The summed E-state index contributed by atoms with van der Waals surface area (Å²) in [6.07, 6.45) is 18.1. The van der Waals surface area contributed by atoms with Crippen LogP contribution < -0.4 is 10.6 Å². The summed E-state index contributed by atoms with van der Waals surface area (Å²) in [5.74, 6) is 2.60. The van der Waals surface area contributed by atoms with Crippen molar-refractivity contribution < 1.29 is 29.7 Å². The molecular formula is C31H54Cl2N6O2Zn. The second kappa shape index (κ2) is 17.2. The maximum atomic E-state index is 10.3. The Morgan fingerprint density at radius 2 is 1.21 bits per heavy atom. The van der Waals surface area contributed by atoms with Crippen molar-refractivity contribution in [3.63, 3.8) is 0 Å². The van der Waals surface area contributed by atoms with E-state index < -0.39 is 0 Å². The van der Waals surface area contributed by atoms with Gasteiger partial charge in [-0.3, -0.25) is 10.6 Å². The molecule has 6 rings (SSSR count). The molecule has 4 saturated carbocycles. The van der Waals surface area contributed by atoms with Crippen LogP contribution in [0.5, 0.6) is 0 Å². The Morgan fingerprint density at radius 1 is 0.643 bits per heavy atom. The molecule has 4 N–H and O–H groups in total. The molecule has 6 aliphatic rings. The smallest absolute Gasteiger partial charge is 0.137 e. The van der Waals surface area contributed by atoms with E-state index in [0.717, 1.165) is 43.9 Å². The zero-order valence-electron chi connectivity index (χ0n) is 25.7. The molecule has 0 radical (unpaired) electrons. The van der Waals surface area contributed by atoms with E-state index in [1.54, 1.807) is 0 Å². The molecule has 42 heavy (non-hydrogen) atoms. The number of alkyl halides is 2. The predicted molar refractivity (Wildman–Crippen MR) is 165 cm³/mol. The van der Waals surface area contributed by atoms with E-state index in [2.05, 4.69) is 38.0 Å². The van der Waals surface area contributed by atoms with Crippen LogP contribution in [0.3, 0.4) is 0 Å². The first-order valence-corrected chi connectivity index (χ1v) is 17.7. The van der Waals surface area contributed by atoms with Gasteiger partial charge in [-0.25, -0.2) is 0 Å². The molecule has 11 heteroatoms. The number of piperidine rings is 2. The summed E-state index contributed by atoms with van der Waals surface area (Å²) in [6, 6.07) is 0.572. The maximum absolute atomic E-state index is 10.3. The van der Waals surface area contributed by atoms with Crippen molar-refractivity contribution in [2.45, 2.75) is 163 Å². The van der Waals surface area contributed by atoms with Crippen LogP contribution in [-0.4, -0.2) is 70.2 Å². The summed E-state index contributed by atoms with van der Waals surface area (Å²) < 4.78 is 0. The molecule has 0 aromatic carbocycles. The zero-order valence-corrected chi connectivity index (χ0v) is 30.2. The first-order chi connectivity index (χ1) is 19.9. The van der Waals surface area contributed by atoms with Crippen molar-refractivity contribution in [3.8, 4) is 0 Å². The Balaban J connectivity index is 0.000000189. The van der Waals surface area contributed by atoms with Gasteiger partial charge >= 0.3 is 0 Å². The molecule has 8 nitrogen and oxygen atoms in total. The maximum Gasteiger partial charge on any atom is 0.137 e. The number of aliphatic hydroxyl groups excluding tert-OH is 2.